The van der Waals surface area contributed by atoms with Gasteiger partial charge < -0.3 is 19.7 Å². The molecule has 4 aromatic rings. The summed E-state index contributed by atoms with van der Waals surface area (Å²) in [6, 6.07) is 24.0. The number of nitrogens with one attached hydrogen (secondary N) is 1. The Balaban J connectivity index is 1.12. The molecule has 2 aliphatic rings. The van der Waals surface area contributed by atoms with Crippen molar-refractivity contribution in [3.05, 3.63) is 95.9 Å². The number of pyridine rings is 1. The molecule has 40 heavy (non-hydrogen) atoms. The average Bonchev–Trinajstić information content (AvgIpc) is 3.41. The summed E-state index contributed by atoms with van der Waals surface area (Å²) in [5.41, 5.74) is 6.44. The molecule has 204 valence electrons. The summed E-state index contributed by atoms with van der Waals surface area (Å²) >= 11 is 0. The third kappa shape index (κ3) is 5.24. The Morgan fingerprint density at radius 1 is 0.850 bits per heavy atom. The standard InChI is InChI=1S/C33H35N5O2/c1-2-24-15-16-34-30(22-24)37-20-18-36(19-21-37)27-13-11-26(12-14-27)35-33(40)32(39)31-29(25-8-4-3-5-9-25)23-28-10-6-7-17-38(28)31/h3-5,8-9,11-16,22-23H,2,6-7,10,17-21H2,1H3,(H,35,40). The van der Waals surface area contributed by atoms with Crippen molar-refractivity contribution in [3.8, 4) is 11.1 Å². The van der Waals surface area contributed by atoms with Crippen LogP contribution in [0.4, 0.5) is 17.2 Å². The van der Waals surface area contributed by atoms with Gasteiger partial charge in [-0.3, -0.25) is 9.59 Å². The molecule has 4 heterocycles. The third-order valence-corrected chi connectivity index (χ3v) is 8.07. The van der Waals surface area contributed by atoms with Crippen molar-refractivity contribution < 1.29 is 9.59 Å². The second-order valence-corrected chi connectivity index (χ2v) is 10.6. The number of aryl methyl sites for hydroxylation is 2. The van der Waals surface area contributed by atoms with E-state index in [2.05, 4.69) is 45.2 Å². The van der Waals surface area contributed by atoms with Crippen LogP contribution in [0.5, 0.6) is 0 Å². The van der Waals surface area contributed by atoms with Gasteiger partial charge >= 0.3 is 0 Å². The van der Waals surface area contributed by atoms with Gasteiger partial charge in [-0.25, -0.2) is 4.98 Å². The van der Waals surface area contributed by atoms with Crippen LogP contribution in [-0.2, 0) is 24.2 Å². The number of anilines is 3. The molecule has 1 saturated heterocycles. The van der Waals surface area contributed by atoms with E-state index in [4.69, 9.17) is 0 Å². The van der Waals surface area contributed by atoms with Gasteiger partial charge in [-0.05, 0) is 79.3 Å². The third-order valence-electron chi connectivity index (χ3n) is 8.07. The maximum atomic E-state index is 13.5. The number of rotatable bonds is 7. The molecule has 0 spiro atoms. The van der Waals surface area contributed by atoms with E-state index in [1.807, 2.05) is 65.4 Å². The van der Waals surface area contributed by atoms with Crippen LogP contribution in [0.25, 0.3) is 11.1 Å². The quantitative estimate of drug-likeness (QED) is 0.248. The van der Waals surface area contributed by atoms with Crippen molar-refractivity contribution in [2.45, 2.75) is 39.2 Å². The van der Waals surface area contributed by atoms with E-state index in [0.29, 0.717) is 11.4 Å². The van der Waals surface area contributed by atoms with Crippen LogP contribution in [-0.4, -0.2) is 47.4 Å². The molecule has 1 fully saturated rings. The highest BCUT2D eigenvalue weighted by atomic mass is 16.2. The zero-order valence-corrected chi connectivity index (χ0v) is 23.0. The Kier molecular flexibility index (Phi) is 7.36. The summed E-state index contributed by atoms with van der Waals surface area (Å²) in [6.45, 7) is 6.51. The Morgan fingerprint density at radius 3 is 2.35 bits per heavy atom. The molecule has 0 radical (unpaired) electrons. The first-order valence-corrected chi connectivity index (χ1v) is 14.3. The highest BCUT2D eigenvalue weighted by molar-refractivity contribution is 6.47. The first kappa shape index (κ1) is 25.9. The summed E-state index contributed by atoms with van der Waals surface area (Å²) in [5.74, 6) is -0.0545. The molecule has 6 rings (SSSR count). The fourth-order valence-corrected chi connectivity index (χ4v) is 5.82. The van der Waals surface area contributed by atoms with Gasteiger partial charge in [-0.15, -0.1) is 0 Å². The number of ketones is 1. The highest BCUT2D eigenvalue weighted by Gasteiger charge is 2.28. The lowest BCUT2D eigenvalue weighted by Gasteiger charge is -2.37. The average molecular weight is 534 g/mol. The normalized spacial score (nSPS) is 15.0. The molecular formula is C33H35N5O2. The molecule has 0 unspecified atom stereocenters. The van der Waals surface area contributed by atoms with Gasteiger partial charge in [-0.1, -0.05) is 37.3 Å². The van der Waals surface area contributed by atoms with E-state index in [-0.39, 0.29) is 0 Å². The Labute approximate surface area is 235 Å². The Bertz CT molecular complexity index is 1500. The van der Waals surface area contributed by atoms with Gasteiger partial charge in [0.2, 0.25) is 0 Å². The molecule has 1 N–H and O–H groups in total. The predicted octanol–water partition coefficient (Wildman–Crippen LogP) is 5.60. The van der Waals surface area contributed by atoms with Crippen LogP contribution < -0.4 is 15.1 Å². The number of Topliss-reactive ketones (excluding diaryl/α,β-unsaturated/α-hetero) is 1. The SMILES string of the molecule is CCc1ccnc(N2CCN(c3ccc(NC(=O)C(=O)c4c(-c5ccccc5)cc5n4CCCC5)cc3)CC2)c1. The summed E-state index contributed by atoms with van der Waals surface area (Å²) in [6.07, 6.45) is 5.93. The van der Waals surface area contributed by atoms with Crippen LogP contribution in [0.3, 0.4) is 0 Å². The fraction of sp³-hybridized carbons (Fsp3) is 0.303. The van der Waals surface area contributed by atoms with Crippen molar-refractivity contribution in [1.82, 2.24) is 9.55 Å². The Hall–Kier alpha value is -4.39. The summed E-state index contributed by atoms with van der Waals surface area (Å²) in [7, 11) is 0. The molecule has 2 aromatic heterocycles. The van der Waals surface area contributed by atoms with Gasteiger partial charge in [0.1, 0.15) is 11.5 Å². The van der Waals surface area contributed by atoms with Crippen LogP contribution >= 0.6 is 0 Å². The predicted molar refractivity (Wildman–Crippen MR) is 160 cm³/mol. The number of benzene rings is 2. The number of hydrogen-bond acceptors (Lipinski definition) is 5. The fourth-order valence-electron chi connectivity index (χ4n) is 5.82. The van der Waals surface area contributed by atoms with Gasteiger partial charge in [0.25, 0.3) is 11.7 Å². The molecule has 0 bridgehead atoms. The van der Waals surface area contributed by atoms with Crippen molar-refractivity contribution >= 4 is 28.9 Å². The van der Waals surface area contributed by atoms with Crippen LogP contribution in [0.1, 0.15) is 41.5 Å². The van der Waals surface area contributed by atoms with E-state index in [9.17, 15) is 9.59 Å². The number of carbonyl (C=O) groups is 2. The molecule has 7 heteroatoms. The lowest BCUT2D eigenvalue weighted by molar-refractivity contribution is -0.112. The zero-order chi connectivity index (χ0) is 27.5. The maximum absolute atomic E-state index is 13.5. The van der Waals surface area contributed by atoms with Crippen molar-refractivity contribution in [2.75, 3.05) is 41.3 Å². The van der Waals surface area contributed by atoms with Crippen LogP contribution in [0, 0.1) is 0 Å². The minimum absolute atomic E-state index is 0.492. The molecule has 0 saturated carbocycles. The highest BCUT2D eigenvalue weighted by Crippen LogP contribution is 2.31. The van der Waals surface area contributed by atoms with Gasteiger partial charge in [0.05, 0.1) is 0 Å². The number of aromatic nitrogens is 2. The minimum atomic E-state index is -0.605. The van der Waals surface area contributed by atoms with Crippen LogP contribution in [0.15, 0.2) is 79.0 Å². The molecular weight excluding hydrogens is 498 g/mol. The van der Waals surface area contributed by atoms with E-state index < -0.39 is 11.7 Å². The number of piperazine rings is 1. The van der Waals surface area contributed by atoms with Gasteiger partial charge in [0, 0.05) is 61.6 Å². The number of fused-ring (bicyclic) bond motifs is 1. The minimum Gasteiger partial charge on any atom is -0.368 e. The van der Waals surface area contributed by atoms with E-state index in [1.165, 1.54) is 5.56 Å². The number of carbonyl (C=O) groups excluding carboxylic acids is 2. The monoisotopic (exact) mass is 533 g/mol. The second kappa shape index (κ2) is 11.4. The first-order chi connectivity index (χ1) is 19.6. The van der Waals surface area contributed by atoms with E-state index >= 15 is 0 Å². The molecule has 0 atom stereocenters. The summed E-state index contributed by atoms with van der Waals surface area (Å²) in [5, 5.41) is 2.85. The number of nitrogens with zero attached hydrogens (tertiary/aromatic N) is 4. The first-order valence-electron chi connectivity index (χ1n) is 14.3. The Morgan fingerprint density at radius 2 is 1.60 bits per heavy atom. The van der Waals surface area contributed by atoms with E-state index in [0.717, 1.165) is 86.7 Å². The molecule has 1 amide bonds. The van der Waals surface area contributed by atoms with Gasteiger partial charge in [0.15, 0.2) is 0 Å². The lowest BCUT2D eigenvalue weighted by atomic mass is 10.0. The zero-order valence-electron chi connectivity index (χ0n) is 23.0. The van der Waals surface area contributed by atoms with Gasteiger partial charge in [-0.2, -0.15) is 0 Å². The number of amides is 1. The summed E-state index contributed by atoms with van der Waals surface area (Å²) < 4.78 is 2.05. The lowest BCUT2D eigenvalue weighted by Crippen LogP contribution is -2.46. The topological polar surface area (TPSA) is 70.5 Å². The van der Waals surface area contributed by atoms with Crippen molar-refractivity contribution in [2.24, 2.45) is 0 Å². The summed E-state index contributed by atoms with van der Waals surface area (Å²) in [4.78, 5) is 36.0. The van der Waals surface area contributed by atoms with Crippen molar-refractivity contribution in [1.29, 1.82) is 0 Å². The molecule has 7 nitrogen and oxygen atoms in total. The molecule has 2 aromatic carbocycles. The van der Waals surface area contributed by atoms with Crippen molar-refractivity contribution in [3.63, 3.8) is 0 Å². The largest absolute Gasteiger partial charge is 0.368 e. The molecule has 2 aliphatic heterocycles. The van der Waals surface area contributed by atoms with E-state index in [1.54, 1.807) is 0 Å². The maximum Gasteiger partial charge on any atom is 0.298 e. The second-order valence-electron chi connectivity index (χ2n) is 10.6. The smallest absolute Gasteiger partial charge is 0.298 e. The number of hydrogen-bond donors (Lipinski definition) is 1. The van der Waals surface area contributed by atoms with Crippen LogP contribution in [0.2, 0.25) is 0 Å². The molecule has 0 aliphatic carbocycles.